The highest BCUT2D eigenvalue weighted by Gasteiger charge is 2.15. The number of nitrogens with one attached hydrogen (secondary N) is 3. The smallest absolute Gasteiger partial charge is 0.109 e. The fourth-order valence-electron chi connectivity index (χ4n) is 0.717. The number of hydrazine groups is 1. The second-order valence-electron chi connectivity index (χ2n) is 1.87. The van der Waals surface area contributed by atoms with Gasteiger partial charge in [0.05, 0.1) is 6.04 Å². The molecular weight excluding hydrogens is 104 g/mol. The number of rotatable bonds is 1. The molecule has 46 valence electrons. The van der Waals surface area contributed by atoms with Crippen molar-refractivity contribution < 1.29 is 0 Å². The molecule has 1 heterocycles. The lowest BCUT2D eigenvalue weighted by Gasteiger charge is -2.03. The zero-order valence-electron chi connectivity index (χ0n) is 4.57. The highest BCUT2D eigenvalue weighted by Crippen LogP contribution is 1.92. The van der Waals surface area contributed by atoms with Gasteiger partial charge in [-0.3, -0.25) is 10.8 Å². The lowest BCUT2D eigenvalue weighted by molar-refractivity contribution is 0.645. The molecule has 0 aromatic rings. The number of hydrogen-bond donors (Lipinski definition) is 4. The molecule has 0 aromatic heterocycles. The van der Waals surface area contributed by atoms with E-state index in [1.165, 1.54) is 0 Å². The van der Waals surface area contributed by atoms with Crippen LogP contribution < -0.4 is 16.6 Å². The molecular formula is C4H10N4. The van der Waals surface area contributed by atoms with E-state index in [-0.39, 0.29) is 11.9 Å². The molecule has 0 aliphatic carbocycles. The van der Waals surface area contributed by atoms with Crippen molar-refractivity contribution in [1.82, 2.24) is 10.9 Å². The van der Waals surface area contributed by atoms with Gasteiger partial charge in [-0.2, -0.15) is 0 Å². The Labute approximate surface area is 47.9 Å². The van der Waals surface area contributed by atoms with Crippen LogP contribution in [0, 0.1) is 5.41 Å². The first kappa shape index (κ1) is 5.53. The molecule has 8 heavy (non-hydrogen) atoms. The summed E-state index contributed by atoms with van der Waals surface area (Å²) in [6.07, 6.45) is 0.926. The van der Waals surface area contributed by atoms with Gasteiger partial charge in [0.2, 0.25) is 0 Å². The predicted octanol–water partition coefficient (Wildman–Crippen LogP) is -1.21. The average Bonchev–Trinajstić information content (AvgIpc) is 2.12. The Kier molecular flexibility index (Phi) is 1.45. The van der Waals surface area contributed by atoms with Gasteiger partial charge in [-0.1, -0.05) is 0 Å². The number of nitrogens with two attached hydrogens (primary N) is 1. The first-order valence-electron chi connectivity index (χ1n) is 2.63. The molecule has 0 aromatic carbocycles. The largest absolute Gasteiger partial charge is 0.386 e. The molecule has 5 N–H and O–H groups in total. The van der Waals surface area contributed by atoms with Gasteiger partial charge in [-0.05, 0) is 6.42 Å². The predicted molar refractivity (Wildman–Crippen MR) is 31.5 cm³/mol. The van der Waals surface area contributed by atoms with Crippen LogP contribution >= 0.6 is 0 Å². The fourth-order valence-corrected chi connectivity index (χ4v) is 0.717. The van der Waals surface area contributed by atoms with E-state index in [1.807, 2.05) is 0 Å². The van der Waals surface area contributed by atoms with Crippen LogP contribution in [-0.4, -0.2) is 18.4 Å². The number of hydrogen-bond acceptors (Lipinski definition) is 3. The van der Waals surface area contributed by atoms with Crippen molar-refractivity contribution in [3.05, 3.63) is 0 Å². The SMILES string of the molecule is N=C(N)C1CCNN1. The topological polar surface area (TPSA) is 73.9 Å². The molecule has 0 bridgehead atoms. The van der Waals surface area contributed by atoms with Crippen LogP contribution in [0.5, 0.6) is 0 Å². The van der Waals surface area contributed by atoms with Gasteiger partial charge in [0.25, 0.3) is 0 Å². The van der Waals surface area contributed by atoms with Crippen molar-refractivity contribution in [2.45, 2.75) is 12.5 Å². The molecule has 1 saturated heterocycles. The summed E-state index contributed by atoms with van der Waals surface area (Å²) in [5, 5.41) is 6.97. The monoisotopic (exact) mass is 114 g/mol. The highest BCUT2D eigenvalue weighted by atomic mass is 15.4. The molecule has 1 aliphatic heterocycles. The third-order valence-corrected chi connectivity index (χ3v) is 1.21. The van der Waals surface area contributed by atoms with E-state index in [0.29, 0.717) is 0 Å². The summed E-state index contributed by atoms with van der Waals surface area (Å²) in [7, 11) is 0. The van der Waals surface area contributed by atoms with Crippen LogP contribution in [-0.2, 0) is 0 Å². The Morgan fingerprint density at radius 2 is 2.50 bits per heavy atom. The van der Waals surface area contributed by atoms with Crippen molar-refractivity contribution in [3.8, 4) is 0 Å². The summed E-state index contributed by atoms with van der Waals surface area (Å²) in [5.41, 5.74) is 10.9. The molecule has 1 unspecified atom stereocenters. The summed E-state index contributed by atoms with van der Waals surface area (Å²) in [6.45, 7) is 0.907. The lowest BCUT2D eigenvalue weighted by Crippen LogP contribution is -2.39. The van der Waals surface area contributed by atoms with Crippen molar-refractivity contribution in [2.75, 3.05) is 6.54 Å². The van der Waals surface area contributed by atoms with Crippen LogP contribution in [0.15, 0.2) is 0 Å². The molecule has 0 radical (unpaired) electrons. The quantitative estimate of drug-likeness (QED) is 0.255. The van der Waals surface area contributed by atoms with E-state index in [9.17, 15) is 0 Å². The minimum absolute atomic E-state index is 0.0648. The van der Waals surface area contributed by atoms with Crippen LogP contribution in [0.4, 0.5) is 0 Å². The van der Waals surface area contributed by atoms with Gasteiger partial charge in [-0.15, -0.1) is 0 Å². The van der Waals surface area contributed by atoms with Crippen LogP contribution in [0.25, 0.3) is 0 Å². The summed E-state index contributed by atoms with van der Waals surface area (Å²) >= 11 is 0. The average molecular weight is 114 g/mol. The van der Waals surface area contributed by atoms with E-state index in [2.05, 4.69) is 10.9 Å². The summed E-state index contributed by atoms with van der Waals surface area (Å²) in [6, 6.07) is 0.0648. The second kappa shape index (κ2) is 2.11. The standard InChI is InChI=1S/C4H10N4/c5-4(6)3-1-2-7-8-3/h3,7-8H,1-2H2,(H3,5,6). The normalized spacial score (nSPS) is 28.2. The highest BCUT2D eigenvalue weighted by molar-refractivity contribution is 5.82. The van der Waals surface area contributed by atoms with Gasteiger partial charge in [-0.25, -0.2) is 5.43 Å². The molecule has 0 saturated carbocycles. The maximum Gasteiger partial charge on any atom is 0.109 e. The van der Waals surface area contributed by atoms with Crippen LogP contribution in [0.2, 0.25) is 0 Å². The first-order valence-corrected chi connectivity index (χ1v) is 2.63. The maximum atomic E-state index is 6.97. The minimum atomic E-state index is 0.0648. The third-order valence-electron chi connectivity index (χ3n) is 1.21. The third kappa shape index (κ3) is 0.962. The van der Waals surface area contributed by atoms with E-state index in [1.54, 1.807) is 0 Å². The lowest BCUT2D eigenvalue weighted by atomic mass is 10.2. The Bertz CT molecular complexity index is 94.2. The Hall–Kier alpha value is -0.610. The first-order chi connectivity index (χ1) is 3.80. The molecule has 4 nitrogen and oxygen atoms in total. The van der Waals surface area contributed by atoms with Crippen molar-refractivity contribution >= 4 is 5.84 Å². The number of amidine groups is 1. The molecule has 1 fully saturated rings. The minimum Gasteiger partial charge on any atom is -0.386 e. The summed E-state index contributed by atoms with van der Waals surface area (Å²) in [5.74, 6) is 0.218. The Morgan fingerprint density at radius 1 is 1.75 bits per heavy atom. The van der Waals surface area contributed by atoms with Crippen molar-refractivity contribution in [3.63, 3.8) is 0 Å². The molecule has 1 atom stereocenters. The van der Waals surface area contributed by atoms with Gasteiger partial charge in [0.15, 0.2) is 0 Å². The summed E-state index contributed by atoms with van der Waals surface area (Å²) in [4.78, 5) is 0. The maximum absolute atomic E-state index is 6.97. The van der Waals surface area contributed by atoms with Gasteiger partial charge in [0.1, 0.15) is 5.84 Å². The second-order valence-corrected chi connectivity index (χ2v) is 1.87. The van der Waals surface area contributed by atoms with E-state index < -0.39 is 0 Å². The van der Waals surface area contributed by atoms with Gasteiger partial charge < -0.3 is 5.73 Å². The van der Waals surface area contributed by atoms with Crippen molar-refractivity contribution in [2.24, 2.45) is 5.73 Å². The molecule has 0 amide bonds. The van der Waals surface area contributed by atoms with Crippen LogP contribution in [0.3, 0.4) is 0 Å². The zero-order chi connectivity index (χ0) is 5.98. The van der Waals surface area contributed by atoms with E-state index in [0.717, 1.165) is 13.0 Å². The van der Waals surface area contributed by atoms with E-state index in [4.69, 9.17) is 11.1 Å². The molecule has 4 heteroatoms. The van der Waals surface area contributed by atoms with Crippen LogP contribution in [0.1, 0.15) is 6.42 Å². The molecule has 1 aliphatic rings. The van der Waals surface area contributed by atoms with Gasteiger partial charge in [0, 0.05) is 6.54 Å². The van der Waals surface area contributed by atoms with Gasteiger partial charge >= 0.3 is 0 Å². The Balaban J connectivity index is 2.35. The Morgan fingerprint density at radius 3 is 2.75 bits per heavy atom. The molecule has 0 spiro atoms. The fraction of sp³-hybridized carbons (Fsp3) is 0.750. The zero-order valence-corrected chi connectivity index (χ0v) is 4.57. The molecule has 1 rings (SSSR count). The van der Waals surface area contributed by atoms with E-state index >= 15 is 0 Å². The summed E-state index contributed by atoms with van der Waals surface area (Å²) < 4.78 is 0. The van der Waals surface area contributed by atoms with Crippen molar-refractivity contribution in [1.29, 1.82) is 5.41 Å².